The van der Waals surface area contributed by atoms with E-state index in [1.54, 1.807) is 0 Å². The van der Waals surface area contributed by atoms with Crippen LogP contribution in [-0.4, -0.2) is 18.2 Å². The third-order valence-electron chi connectivity index (χ3n) is 2.19. The number of primary amides is 1. The highest BCUT2D eigenvalue weighted by molar-refractivity contribution is 5.65. The van der Waals surface area contributed by atoms with E-state index in [-0.39, 0.29) is 0 Å². The van der Waals surface area contributed by atoms with Crippen LogP contribution in [0.3, 0.4) is 0 Å². The van der Waals surface area contributed by atoms with Gasteiger partial charge in [0.1, 0.15) is 5.60 Å². The second kappa shape index (κ2) is 5.86. The monoisotopic (exact) mass is 202 g/mol. The second-order valence-corrected chi connectivity index (χ2v) is 4.28. The Hall–Kier alpha value is -0.770. The summed E-state index contributed by atoms with van der Waals surface area (Å²) < 4.78 is 5.00. The van der Waals surface area contributed by atoms with E-state index in [1.165, 1.54) is 0 Å². The highest BCUT2D eigenvalue weighted by Gasteiger charge is 2.25. The standard InChI is InChI=1S/C10H22N2O2/c1-4-5-8(7-11)6-10(2,3)14-9(12)13/h8H,4-7,11H2,1-3H3,(H2,12,13). The van der Waals surface area contributed by atoms with Crippen LogP contribution < -0.4 is 11.5 Å². The maximum absolute atomic E-state index is 10.6. The molecule has 0 spiro atoms. The Morgan fingerprint density at radius 1 is 1.50 bits per heavy atom. The first-order valence-electron chi connectivity index (χ1n) is 5.09. The minimum Gasteiger partial charge on any atom is -0.444 e. The smallest absolute Gasteiger partial charge is 0.405 e. The van der Waals surface area contributed by atoms with Gasteiger partial charge >= 0.3 is 6.09 Å². The SMILES string of the molecule is CCCC(CN)CC(C)(C)OC(N)=O. The molecule has 4 nitrogen and oxygen atoms in total. The third-order valence-corrected chi connectivity index (χ3v) is 2.19. The lowest BCUT2D eigenvalue weighted by molar-refractivity contribution is 0.0263. The molecule has 0 fully saturated rings. The summed E-state index contributed by atoms with van der Waals surface area (Å²) in [5, 5.41) is 0. The van der Waals surface area contributed by atoms with Crippen molar-refractivity contribution >= 4 is 6.09 Å². The number of carbonyl (C=O) groups is 1. The molecule has 1 unspecified atom stereocenters. The van der Waals surface area contributed by atoms with Crippen LogP contribution in [0.15, 0.2) is 0 Å². The first-order chi connectivity index (χ1) is 6.41. The summed E-state index contributed by atoms with van der Waals surface area (Å²) in [5.74, 6) is 0.398. The molecule has 0 bridgehead atoms. The summed E-state index contributed by atoms with van der Waals surface area (Å²) >= 11 is 0. The van der Waals surface area contributed by atoms with Gasteiger partial charge < -0.3 is 16.2 Å². The van der Waals surface area contributed by atoms with Crippen molar-refractivity contribution in [3.05, 3.63) is 0 Å². The summed E-state index contributed by atoms with van der Waals surface area (Å²) in [6.07, 6.45) is 2.19. The Bertz CT molecular complexity index is 181. The normalized spacial score (nSPS) is 13.7. The molecule has 14 heavy (non-hydrogen) atoms. The van der Waals surface area contributed by atoms with Crippen LogP contribution in [-0.2, 0) is 4.74 Å². The van der Waals surface area contributed by atoms with Crippen LogP contribution in [0.4, 0.5) is 4.79 Å². The molecule has 0 aliphatic carbocycles. The minimum absolute atomic E-state index is 0.398. The van der Waals surface area contributed by atoms with E-state index in [4.69, 9.17) is 16.2 Å². The highest BCUT2D eigenvalue weighted by atomic mass is 16.6. The molecule has 0 aromatic rings. The number of ether oxygens (including phenoxy) is 1. The average molecular weight is 202 g/mol. The van der Waals surface area contributed by atoms with E-state index in [2.05, 4.69) is 6.92 Å². The molecule has 1 amide bonds. The van der Waals surface area contributed by atoms with E-state index < -0.39 is 11.7 Å². The molecule has 0 rings (SSSR count). The molecule has 4 heteroatoms. The highest BCUT2D eigenvalue weighted by Crippen LogP contribution is 2.22. The topological polar surface area (TPSA) is 78.3 Å². The zero-order valence-electron chi connectivity index (χ0n) is 9.38. The van der Waals surface area contributed by atoms with Gasteiger partial charge in [-0.15, -0.1) is 0 Å². The van der Waals surface area contributed by atoms with Gasteiger partial charge in [0, 0.05) is 0 Å². The molecule has 0 radical (unpaired) electrons. The van der Waals surface area contributed by atoms with Gasteiger partial charge in [-0.05, 0) is 39.2 Å². The van der Waals surface area contributed by atoms with Crippen molar-refractivity contribution in [3.63, 3.8) is 0 Å². The first-order valence-corrected chi connectivity index (χ1v) is 5.09. The van der Waals surface area contributed by atoms with E-state index in [0.717, 1.165) is 19.3 Å². The summed E-state index contributed by atoms with van der Waals surface area (Å²) in [7, 11) is 0. The fourth-order valence-corrected chi connectivity index (χ4v) is 1.72. The lowest BCUT2D eigenvalue weighted by atomic mass is 9.90. The average Bonchev–Trinajstić information content (AvgIpc) is 2.00. The van der Waals surface area contributed by atoms with E-state index in [0.29, 0.717) is 12.5 Å². The van der Waals surface area contributed by atoms with Crippen molar-refractivity contribution in [1.82, 2.24) is 0 Å². The maximum atomic E-state index is 10.6. The molecular formula is C10H22N2O2. The van der Waals surface area contributed by atoms with Crippen molar-refractivity contribution in [2.45, 2.75) is 45.6 Å². The number of amides is 1. The first kappa shape index (κ1) is 13.2. The molecule has 0 aromatic heterocycles. The Balaban J connectivity index is 4.09. The van der Waals surface area contributed by atoms with Crippen LogP contribution in [0.2, 0.25) is 0 Å². The number of hydrogen-bond acceptors (Lipinski definition) is 3. The van der Waals surface area contributed by atoms with Gasteiger partial charge in [-0.1, -0.05) is 13.3 Å². The van der Waals surface area contributed by atoms with Gasteiger partial charge in [0.25, 0.3) is 0 Å². The molecule has 0 heterocycles. The minimum atomic E-state index is -0.720. The van der Waals surface area contributed by atoms with Crippen LogP contribution in [0.1, 0.15) is 40.0 Å². The lowest BCUT2D eigenvalue weighted by Crippen LogP contribution is -2.34. The maximum Gasteiger partial charge on any atom is 0.405 e. The van der Waals surface area contributed by atoms with Crippen molar-refractivity contribution in [3.8, 4) is 0 Å². The zero-order valence-corrected chi connectivity index (χ0v) is 9.38. The van der Waals surface area contributed by atoms with Gasteiger partial charge in [0.15, 0.2) is 0 Å². The molecule has 0 saturated carbocycles. The van der Waals surface area contributed by atoms with Gasteiger partial charge in [0.05, 0.1) is 0 Å². The molecule has 0 aliphatic heterocycles. The predicted molar refractivity (Wildman–Crippen MR) is 56.8 cm³/mol. The van der Waals surface area contributed by atoms with Crippen molar-refractivity contribution in [2.24, 2.45) is 17.4 Å². The largest absolute Gasteiger partial charge is 0.444 e. The Kier molecular flexibility index (Phi) is 5.53. The van der Waals surface area contributed by atoms with E-state index >= 15 is 0 Å². The van der Waals surface area contributed by atoms with Crippen molar-refractivity contribution in [1.29, 1.82) is 0 Å². The van der Waals surface area contributed by atoms with Crippen LogP contribution in [0.5, 0.6) is 0 Å². The Morgan fingerprint density at radius 2 is 2.07 bits per heavy atom. The molecule has 0 aromatic carbocycles. The fourth-order valence-electron chi connectivity index (χ4n) is 1.72. The summed E-state index contributed by atoms with van der Waals surface area (Å²) in [5.41, 5.74) is 10.1. The van der Waals surface area contributed by atoms with Crippen LogP contribution in [0, 0.1) is 5.92 Å². The van der Waals surface area contributed by atoms with Gasteiger partial charge in [0.2, 0.25) is 0 Å². The number of rotatable bonds is 6. The number of nitrogens with two attached hydrogens (primary N) is 2. The Morgan fingerprint density at radius 3 is 2.43 bits per heavy atom. The number of hydrogen-bond donors (Lipinski definition) is 2. The lowest BCUT2D eigenvalue weighted by Gasteiger charge is -2.28. The fraction of sp³-hybridized carbons (Fsp3) is 0.900. The van der Waals surface area contributed by atoms with Crippen molar-refractivity contribution < 1.29 is 9.53 Å². The molecular weight excluding hydrogens is 180 g/mol. The molecule has 0 aliphatic rings. The molecule has 0 saturated heterocycles. The van der Waals surface area contributed by atoms with E-state index in [1.807, 2.05) is 13.8 Å². The van der Waals surface area contributed by atoms with Gasteiger partial charge in [-0.25, -0.2) is 4.79 Å². The summed E-state index contributed by atoms with van der Waals surface area (Å²) in [6, 6.07) is 0. The van der Waals surface area contributed by atoms with Crippen LogP contribution in [0.25, 0.3) is 0 Å². The Labute approximate surface area is 86.0 Å². The molecule has 4 N–H and O–H groups in total. The van der Waals surface area contributed by atoms with Crippen molar-refractivity contribution in [2.75, 3.05) is 6.54 Å². The summed E-state index contributed by atoms with van der Waals surface area (Å²) in [4.78, 5) is 10.6. The quantitative estimate of drug-likeness (QED) is 0.687. The molecule has 84 valence electrons. The van der Waals surface area contributed by atoms with E-state index in [9.17, 15) is 4.79 Å². The summed E-state index contributed by atoms with van der Waals surface area (Å²) in [6.45, 7) is 6.45. The van der Waals surface area contributed by atoms with Crippen LogP contribution >= 0.6 is 0 Å². The second-order valence-electron chi connectivity index (χ2n) is 4.28. The number of carbonyl (C=O) groups excluding carboxylic acids is 1. The predicted octanol–water partition coefficient (Wildman–Crippen LogP) is 1.63. The zero-order chi connectivity index (χ0) is 11.2. The third kappa shape index (κ3) is 5.80. The van der Waals surface area contributed by atoms with Gasteiger partial charge in [-0.2, -0.15) is 0 Å². The van der Waals surface area contributed by atoms with Gasteiger partial charge in [-0.3, -0.25) is 0 Å². The molecule has 1 atom stereocenters.